The highest BCUT2D eigenvalue weighted by Crippen LogP contribution is 2.33. The summed E-state index contributed by atoms with van der Waals surface area (Å²) in [7, 11) is 1.69. The second kappa shape index (κ2) is 4.32. The van der Waals surface area contributed by atoms with E-state index in [1.807, 2.05) is 0 Å². The van der Waals surface area contributed by atoms with Crippen LogP contribution in [0.4, 0.5) is 0 Å². The molecule has 1 unspecified atom stereocenters. The largest absolute Gasteiger partial charge is 0.373 e. The molecule has 1 heterocycles. The first-order chi connectivity index (χ1) is 6.49. The summed E-state index contributed by atoms with van der Waals surface area (Å²) in [5, 5.41) is 0. The van der Waals surface area contributed by atoms with Crippen LogP contribution < -0.4 is 0 Å². The molecule has 0 bridgehead atoms. The van der Waals surface area contributed by atoms with Gasteiger partial charge in [-0.15, -0.1) is 11.6 Å². The van der Waals surface area contributed by atoms with E-state index in [1.54, 1.807) is 13.3 Å². The van der Waals surface area contributed by atoms with E-state index in [0.29, 0.717) is 5.88 Å². The third-order valence-electron chi connectivity index (χ3n) is 2.06. The molecule has 1 N–H and O–H groups in total. The number of halogens is 1. The van der Waals surface area contributed by atoms with E-state index in [9.17, 15) is 0 Å². The van der Waals surface area contributed by atoms with Gasteiger partial charge in [-0.1, -0.05) is 20.8 Å². The van der Waals surface area contributed by atoms with Gasteiger partial charge in [0, 0.05) is 19.0 Å². The third kappa shape index (κ3) is 2.49. The predicted molar refractivity (Wildman–Crippen MR) is 57.3 cm³/mol. The van der Waals surface area contributed by atoms with Gasteiger partial charge in [0.1, 0.15) is 11.9 Å². The molecule has 0 saturated heterocycles. The molecule has 0 aromatic carbocycles. The van der Waals surface area contributed by atoms with Crippen molar-refractivity contribution in [3.8, 4) is 0 Å². The van der Waals surface area contributed by atoms with Crippen LogP contribution in [-0.2, 0) is 10.6 Å². The van der Waals surface area contributed by atoms with Crippen LogP contribution in [0.1, 0.15) is 38.4 Å². The number of nitrogens with zero attached hydrogens (tertiary/aromatic N) is 1. The molecule has 0 spiro atoms. The number of ether oxygens (including phenoxy) is 1. The fraction of sp³-hybridized carbons (Fsp3) is 0.700. The lowest BCUT2D eigenvalue weighted by Gasteiger charge is -2.27. The van der Waals surface area contributed by atoms with Crippen LogP contribution in [0.15, 0.2) is 6.20 Å². The van der Waals surface area contributed by atoms with Crippen molar-refractivity contribution in [3.63, 3.8) is 0 Å². The summed E-state index contributed by atoms with van der Waals surface area (Å²) in [6.07, 6.45) is 1.72. The molecule has 0 aliphatic heterocycles. The molecule has 1 rings (SSSR count). The summed E-state index contributed by atoms with van der Waals surface area (Å²) in [5.74, 6) is 1.30. The maximum absolute atomic E-state index is 5.69. The van der Waals surface area contributed by atoms with E-state index in [2.05, 4.69) is 30.7 Å². The second-order valence-electron chi connectivity index (χ2n) is 4.41. The summed E-state index contributed by atoms with van der Waals surface area (Å²) < 4.78 is 5.42. The number of alkyl halides is 1. The topological polar surface area (TPSA) is 37.9 Å². The van der Waals surface area contributed by atoms with Gasteiger partial charge in [0.05, 0.1) is 5.88 Å². The van der Waals surface area contributed by atoms with Crippen LogP contribution in [0.5, 0.6) is 0 Å². The fourth-order valence-corrected chi connectivity index (χ4v) is 1.59. The molecule has 0 aliphatic carbocycles. The van der Waals surface area contributed by atoms with Gasteiger partial charge >= 0.3 is 0 Å². The molecular formula is C10H17ClN2O. The van der Waals surface area contributed by atoms with Gasteiger partial charge in [-0.3, -0.25) is 0 Å². The van der Waals surface area contributed by atoms with Crippen molar-refractivity contribution in [3.05, 3.63) is 17.7 Å². The number of H-pyrrole nitrogens is 1. The molecule has 0 radical (unpaired) electrons. The summed E-state index contributed by atoms with van der Waals surface area (Å²) in [5.41, 5.74) is 0.948. The number of hydrogen-bond donors (Lipinski definition) is 1. The number of methoxy groups -OCH3 is 1. The van der Waals surface area contributed by atoms with Crippen molar-refractivity contribution in [1.29, 1.82) is 0 Å². The first kappa shape index (κ1) is 11.5. The van der Waals surface area contributed by atoms with Crippen molar-refractivity contribution < 1.29 is 4.74 Å². The molecule has 0 saturated carbocycles. The van der Waals surface area contributed by atoms with Crippen LogP contribution in [0.2, 0.25) is 0 Å². The van der Waals surface area contributed by atoms with Crippen LogP contribution in [0.3, 0.4) is 0 Å². The van der Waals surface area contributed by atoms with Crippen LogP contribution in [-0.4, -0.2) is 17.1 Å². The summed E-state index contributed by atoms with van der Waals surface area (Å²) in [6, 6.07) is 0. The lowest BCUT2D eigenvalue weighted by molar-refractivity contribution is 0.00921. The van der Waals surface area contributed by atoms with Crippen molar-refractivity contribution in [2.75, 3.05) is 7.11 Å². The number of hydrogen-bond acceptors (Lipinski definition) is 2. The maximum Gasteiger partial charge on any atom is 0.136 e. The Morgan fingerprint density at radius 1 is 1.57 bits per heavy atom. The Labute approximate surface area is 89.8 Å². The number of rotatable bonds is 3. The Morgan fingerprint density at radius 3 is 2.57 bits per heavy atom. The normalized spacial score (nSPS) is 14.4. The van der Waals surface area contributed by atoms with Gasteiger partial charge < -0.3 is 9.72 Å². The molecule has 1 aromatic rings. The van der Waals surface area contributed by atoms with E-state index >= 15 is 0 Å². The minimum absolute atomic E-state index is 0.0240. The van der Waals surface area contributed by atoms with Gasteiger partial charge in [0.25, 0.3) is 0 Å². The lowest BCUT2D eigenvalue weighted by Crippen LogP contribution is -2.21. The van der Waals surface area contributed by atoms with E-state index in [-0.39, 0.29) is 11.5 Å². The minimum atomic E-state index is -0.0283. The van der Waals surface area contributed by atoms with Crippen molar-refractivity contribution >= 4 is 11.6 Å². The molecule has 4 heteroatoms. The van der Waals surface area contributed by atoms with Crippen LogP contribution in [0, 0.1) is 5.41 Å². The van der Waals surface area contributed by atoms with Gasteiger partial charge in [-0.05, 0) is 5.41 Å². The van der Waals surface area contributed by atoms with Crippen LogP contribution in [0.25, 0.3) is 0 Å². The Balaban J connectivity index is 2.90. The highest BCUT2D eigenvalue weighted by atomic mass is 35.5. The molecule has 80 valence electrons. The highest BCUT2D eigenvalue weighted by molar-refractivity contribution is 6.16. The smallest absolute Gasteiger partial charge is 0.136 e. The Bertz CT molecular complexity index is 291. The fourth-order valence-electron chi connectivity index (χ4n) is 1.45. The Hall–Kier alpha value is -0.540. The van der Waals surface area contributed by atoms with Gasteiger partial charge in [-0.25, -0.2) is 4.98 Å². The van der Waals surface area contributed by atoms with Gasteiger partial charge in [-0.2, -0.15) is 0 Å². The SMILES string of the molecule is COC(c1ncc(CCl)[nH]1)C(C)(C)C. The van der Waals surface area contributed by atoms with Gasteiger partial charge in [0.15, 0.2) is 0 Å². The molecule has 1 atom stereocenters. The molecule has 0 fully saturated rings. The zero-order valence-corrected chi connectivity index (χ0v) is 9.85. The zero-order chi connectivity index (χ0) is 10.8. The van der Waals surface area contributed by atoms with Gasteiger partial charge in [0.2, 0.25) is 0 Å². The maximum atomic E-state index is 5.69. The molecule has 0 aliphatic rings. The first-order valence-electron chi connectivity index (χ1n) is 4.61. The predicted octanol–water partition coefficient (Wildman–Crippen LogP) is 2.88. The monoisotopic (exact) mass is 216 g/mol. The average Bonchev–Trinajstić information content (AvgIpc) is 2.51. The van der Waals surface area contributed by atoms with E-state index in [4.69, 9.17) is 16.3 Å². The number of nitrogens with one attached hydrogen (secondary N) is 1. The summed E-state index contributed by atoms with van der Waals surface area (Å²) >= 11 is 5.69. The van der Waals surface area contributed by atoms with E-state index in [1.165, 1.54) is 0 Å². The summed E-state index contributed by atoms with van der Waals surface area (Å²) in [6.45, 7) is 6.35. The summed E-state index contributed by atoms with van der Waals surface area (Å²) in [4.78, 5) is 7.41. The minimum Gasteiger partial charge on any atom is -0.373 e. The Morgan fingerprint density at radius 2 is 2.21 bits per heavy atom. The van der Waals surface area contributed by atoms with E-state index in [0.717, 1.165) is 11.5 Å². The Kier molecular flexibility index (Phi) is 3.56. The van der Waals surface area contributed by atoms with Crippen LogP contribution >= 0.6 is 11.6 Å². The zero-order valence-electron chi connectivity index (χ0n) is 9.10. The van der Waals surface area contributed by atoms with E-state index < -0.39 is 0 Å². The first-order valence-corrected chi connectivity index (χ1v) is 5.15. The third-order valence-corrected chi connectivity index (χ3v) is 2.35. The second-order valence-corrected chi connectivity index (χ2v) is 4.68. The lowest BCUT2D eigenvalue weighted by atomic mass is 9.88. The standard InChI is InChI=1S/C10H17ClN2O/c1-10(2,3)8(14-4)9-12-6-7(5-11)13-9/h6,8H,5H2,1-4H3,(H,12,13). The molecule has 14 heavy (non-hydrogen) atoms. The number of aromatic amines is 1. The average molecular weight is 217 g/mol. The van der Waals surface area contributed by atoms with Crippen molar-refractivity contribution in [1.82, 2.24) is 9.97 Å². The van der Waals surface area contributed by atoms with Crippen molar-refractivity contribution in [2.45, 2.75) is 32.8 Å². The van der Waals surface area contributed by atoms with Crippen molar-refractivity contribution in [2.24, 2.45) is 5.41 Å². The molecule has 1 aromatic heterocycles. The molecular weight excluding hydrogens is 200 g/mol. The number of imidazole rings is 1. The molecule has 3 nitrogen and oxygen atoms in total. The molecule has 0 amide bonds. The highest BCUT2D eigenvalue weighted by Gasteiger charge is 2.28. The number of aromatic nitrogens is 2. The quantitative estimate of drug-likeness (QED) is 0.789.